The Hall–Kier alpha value is -2.86. The van der Waals surface area contributed by atoms with Gasteiger partial charge in [-0.2, -0.15) is 5.11 Å². The number of nitrogens with two attached hydrogens (primary N) is 1. The van der Waals surface area contributed by atoms with Crippen LogP contribution < -0.4 is 10.9 Å². The minimum absolute atomic E-state index is 0.378. The van der Waals surface area contributed by atoms with Crippen LogP contribution in [0.25, 0.3) is 0 Å². The molecule has 1 fully saturated rings. The van der Waals surface area contributed by atoms with Crippen molar-refractivity contribution in [3.05, 3.63) is 59.7 Å². The SMILES string of the molecule is N=Cc1ccccc1CN=NC1=Nc2ccccc2N(N)C12CCCCC2. The van der Waals surface area contributed by atoms with Crippen LogP contribution in [0, 0.1) is 5.41 Å². The molecule has 1 aliphatic heterocycles. The van der Waals surface area contributed by atoms with Gasteiger partial charge in [0, 0.05) is 6.21 Å². The van der Waals surface area contributed by atoms with E-state index >= 15 is 0 Å². The van der Waals surface area contributed by atoms with E-state index in [9.17, 15) is 0 Å². The highest BCUT2D eigenvalue weighted by Crippen LogP contribution is 2.44. The monoisotopic (exact) mass is 360 g/mol. The van der Waals surface area contributed by atoms with E-state index in [2.05, 4.69) is 10.2 Å². The van der Waals surface area contributed by atoms with Gasteiger partial charge in [0.1, 0.15) is 5.54 Å². The zero-order valence-corrected chi connectivity index (χ0v) is 15.3. The maximum atomic E-state index is 7.53. The molecule has 1 heterocycles. The fourth-order valence-corrected chi connectivity index (χ4v) is 4.03. The maximum absolute atomic E-state index is 7.53. The number of benzene rings is 2. The Morgan fingerprint density at radius 1 is 1.07 bits per heavy atom. The second-order valence-electron chi connectivity index (χ2n) is 7.13. The first-order chi connectivity index (χ1) is 13.2. The van der Waals surface area contributed by atoms with E-state index in [-0.39, 0.29) is 5.54 Å². The molecule has 2 aromatic rings. The van der Waals surface area contributed by atoms with Gasteiger partial charge in [0.15, 0.2) is 5.84 Å². The molecule has 0 radical (unpaired) electrons. The third-order valence-corrected chi connectivity index (χ3v) is 5.54. The van der Waals surface area contributed by atoms with E-state index in [1.165, 1.54) is 12.6 Å². The molecule has 3 N–H and O–H groups in total. The highest BCUT2D eigenvalue weighted by molar-refractivity contribution is 6.01. The number of hydrazine groups is 1. The smallest absolute Gasteiger partial charge is 0.178 e. The molecule has 2 aliphatic rings. The molecule has 6 heteroatoms. The van der Waals surface area contributed by atoms with Gasteiger partial charge in [0.05, 0.1) is 17.9 Å². The number of aliphatic imine (C=N–C) groups is 1. The number of hydrogen-bond acceptors (Lipinski definition) is 6. The van der Waals surface area contributed by atoms with Crippen LogP contribution in [0.15, 0.2) is 63.8 Å². The number of para-hydroxylation sites is 2. The van der Waals surface area contributed by atoms with Crippen LogP contribution >= 0.6 is 0 Å². The number of azo groups is 1. The summed E-state index contributed by atoms with van der Waals surface area (Å²) >= 11 is 0. The average Bonchev–Trinajstić information content (AvgIpc) is 2.73. The van der Waals surface area contributed by atoms with Gasteiger partial charge < -0.3 is 5.41 Å². The first-order valence-electron chi connectivity index (χ1n) is 9.44. The van der Waals surface area contributed by atoms with Gasteiger partial charge in [0.25, 0.3) is 0 Å². The Bertz CT molecular complexity index is 895. The van der Waals surface area contributed by atoms with Gasteiger partial charge in [-0.1, -0.05) is 55.7 Å². The van der Waals surface area contributed by atoms with E-state index in [1.807, 2.05) is 53.5 Å². The Morgan fingerprint density at radius 3 is 2.63 bits per heavy atom. The third kappa shape index (κ3) is 3.17. The highest BCUT2D eigenvalue weighted by atomic mass is 15.5. The number of amidine groups is 1. The molecule has 138 valence electrons. The number of hydrogen-bond donors (Lipinski definition) is 2. The molecule has 0 bridgehead atoms. The first kappa shape index (κ1) is 17.5. The van der Waals surface area contributed by atoms with Gasteiger partial charge in [-0.15, -0.1) is 5.11 Å². The molecule has 0 amide bonds. The molecule has 0 atom stereocenters. The zero-order chi connectivity index (χ0) is 18.7. The second-order valence-corrected chi connectivity index (χ2v) is 7.13. The fourth-order valence-electron chi connectivity index (χ4n) is 4.03. The lowest BCUT2D eigenvalue weighted by molar-refractivity contribution is 0.352. The van der Waals surface area contributed by atoms with Crippen molar-refractivity contribution in [2.24, 2.45) is 21.1 Å². The minimum Gasteiger partial charge on any atom is -0.308 e. The molecule has 6 nitrogen and oxygen atoms in total. The molecule has 0 aromatic heterocycles. The summed E-state index contributed by atoms with van der Waals surface area (Å²) in [7, 11) is 0. The maximum Gasteiger partial charge on any atom is 0.178 e. The molecule has 4 rings (SSSR count). The van der Waals surface area contributed by atoms with Gasteiger partial charge >= 0.3 is 0 Å². The van der Waals surface area contributed by atoms with Crippen molar-refractivity contribution in [3.63, 3.8) is 0 Å². The van der Waals surface area contributed by atoms with Gasteiger partial charge in [-0.25, -0.2) is 10.8 Å². The summed E-state index contributed by atoms with van der Waals surface area (Å²) in [6.07, 6.45) is 6.67. The van der Waals surface area contributed by atoms with Crippen molar-refractivity contribution in [2.45, 2.75) is 44.2 Å². The van der Waals surface area contributed by atoms with Crippen LogP contribution in [-0.4, -0.2) is 17.6 Å². The Morgan fingerprint density at radius 2 is 1.81 bits per heavy atom. The number of anilines is 1. The van der Waals surface area contributed by atoms with Crippen LogP contribution in [0.1, 0.15) is 43.2 Å². The molecular weight excluding hydrogens is 336 g/mol. The van der Waals surface area contributed by atoms with Crippen LogP contribution in [0.2, 0.25) is 0 Å². The summed E-state index contributed by atoms with van der Waals surface area (Å²) in [6, 6.07) is 15.7. The molecule has 0 saturated heterocycles. The topological polar surface area (TPSA) is 90.2 Å². The Balaban J connectivity index is 1.68. The quantitative estimate of drug-likeness (QED) is 0.469. The number of nitrogens with one attached hydrogen (secondary N) is 1. The van der Waals surface area contributed by atoms with E-state index in [4.69, 9.17) is 16.2 Å². The highest BCUT2D eigenvalue weighted by Gasteiger charge is 2.45. The molecule has 1 spiro atoms. The predicted octanol–water partition coefficient (Wildman–Crippen LogP) is 4.76. The van der Waals surface area contributed by atoms with E-state index in [0.29, 0.717) is 12.4 Å². The number of nitrogens with zero attached hydrogens (tertiary/aromatic N) is 4. The van der Waals surface area contributed by atoms with E-state index < -0.39 is 0 Å². The predicted molar refractivity (Wildman–Crippen MR) is 109 cm³/mol. The van der Waals surface area contributed by atoms with Crippen LogP contribution in [-0.2, 0) is 6.54 Å². The lowest BCUT2D eigenvalue weighted by Crippen LogP contribution is -2.60. The summed E-state index contributed by atoms with van der Waals surface area (Å²) in [4.78, 5) is 4.84. The molecule has 2 aromatic carbocycles. The van der Waals surface area contributed by atoms with Crippen LogP contribution in [0.4, 0.5) is 11.4 Å². The minimum atomic E-state index is -0.378. The number of fused-ring (bicyclic) bond motifs is 1. The molecule has 1 saturated carbocycles. The van der Waals surface area contributed by atoms with Crippen LogP contribution in [0.3, 0.4) is 0 Å². The lowest BCUT2D eigenvalue weighted by Gasteiger charge is -2.46. The molecular formula is C21H24N6. The summed E-state index contributed by atoms with van der Waals surface area (Å²) in [5.41, 5.74) is 3.25. The standard InChI is InChI=1S/C21H24N6/c22-14-16-8-2-3-9-17(16)15-24-26-20-21(12-6-1-7-13-21)27(23)19-11-5-4-10-18(19)25-20/h2-5,8-11,14,22H,1,6-7,12-13,15,23H2. The zero-order valence-electron chi connectivity index (χ0n) is 15.3. The fraction of sp³-hybridized carbons (Fsp3) is 0.333. The number of rotatable bonds is 3. The summed E-state index contributed by atoms with van der Waals surface area (Å²) in [5, 5.41) is 18.4. The summed E-state index contributed by atoms with van der Waals surface area (Å²) in [5.74, 6) is 7.30. The average molecular weight is 360 g/mol. The normalized spacial score (nSPS) is 18.4. The Kier molecular flexibility index (Phi) is 4.81. The second kappa shape index (κ2) is 7.40. The lowest BCUT2D eigenvalue weighted by atomic mass is 9.79. The Labute approximate surface area is 159 Å². The van der Waals surface area contributed by atoms with Gasteiger partial charge in [-0.05, 0) is 36.1 Å². The molecule has 27 heavy (non-hydrogen) atoms. The van der Waals surface area contributed by atoms with Crippen LogP contribution in [0.5, 0.6) is 0 Å². The van der Waals surface area contributed by atoms with Gasteiger partial charge in [-0.3, -0.25) is 5.01 Å². The third-order valence-electron chi connectivity index (χ3n) is 5.54. The van der Waals surface area contributed by atoms with Crippen molar-refractivity contribution in [1.29, 1.82) is 5.41 Å². The molecule has 0 unspecified atom stereocenters. The van der Waals surface area contributed by atoms with Gasteiger partial charge in [0.2, 0.25) is 0 Å². The van der Waals surface area contributed by atoms with E-state index in [1.54, 1.807) is 0 Å². The summed E-state index contributed by atoms with van der Waals surface area (Å²) < 4.78 is 0. The van der Waals surface area contributed by atoms with Crippen molar-refractivity contribution in [1.82, 2.24) is 0 Å². The van der Waals surface area contributed by atoms with Crippen molar-refractivity contribution < 1.29 is 0 Å². The van der Waals surface area contributed by atoms with Crippen molar-refractivity contribution in [2.75, 3.05) is 5.01 Å². The molecule has 1 aliphatic carbocycles. The van der Waals surface area contributed by atoms with Crippen molar-refractivity contribution in [3.8, 4) is 0 Å². The van der Waals surface area contributed by atoms with E-state index in [0.717, 1.165) is 48.2 Å². The largest absolute Gasteiger partial charge is 0.308 e. The summed E-state index contributed by atoms with van der Waals surface area (Å²) in [6.45, 7) is 0.423. The first-order valence-corrected chi connectivity index (χ1v) is 9.44. The van der Waals surface area contributed by atoms with Crippen molar-refractivity contribution >= 4 is 23.4 Å².